The standard InChI is InChI=1S/C17H21N3O4S.ClH/c1-12(2)13-3-5-14(6-4-13)17(18)11-19-25(23,24)16-9-7-15(8-10-16)20(21)22;/h3-10,12,17,19H,11,18H2,1-2H3;1H. The molecule has 26 heavy (non-hydrogen) atoms. The van der Waals surface area contributed by atoms with Crippen LogP contribution in [0.1, 0.15) is 36.9 Å². The second-order valence-corrected chi connectivity index (χ2v) is 7.80. The monoisotopic (exact) mass is 399 g/mol. The lowest BCUT2D eigenvalue weighted by Crippen LogP contribution is -2.32. The Morgan fingerprint density at radius 1 is 1.04 bits per heavy atom. The number of hydrogen-bond acceptors (Lipinski definition) is 5. The smallest absolute Gasteiger partial charge is 0.269 e. The Morgan fingerprint density at radius 3 is 2.00 bits per heavy atom. The van der Waals surface area contributed by atoms with Crippen LogP contribution in [0.5, 0.6) is 0 Å². The summed E-state index contributed by atoms with van der Waals surface area (Å²) in [6.07, 6.45) is 0. The van der Waals surface area contributed by atoms with Crippen LogP contribution in [0, 0.1) is 10.1 Å². The number of nitro groups is 1. The van der Waals surface area contributed by atoms with Crippen molar-refractivity contribution in [2.24, 2.45) is 5.73 Å². The molecular weight excluding hydrogens is 378 g/mol. The molecule has 2 aromatic rings. The zero-order valence-electron chi connectivity index (χ0n) is 14.5. The molecule has 0 fully saturated rings. The van der Waals surface area contributed by atoms with Crippen molar-refractivity contribution in [3.63, 3.8) is 0 Å². The van der Waals surface area contributed by atoms with Crippen molar-refractivity contribution in [2.45, 2.75) is 30.7 Å². The lowest BCUT2D eigenvalue weighted by molar-refractivity contribution is -0.384. The number of nitrogens with zero attached hydrogens (tertiary/aromatic N) is 1. The molecule has 1 unspecified atom stereocenters. The average Bonchev–Trinajstić information content (AvgIpc) is 2.60. The van der Waals surface area contributed by atoms with E-state index in [0.717, 1.165) is 17.7 Å². The summed E-state index contributed by atoms with van der Waals surface area (Å²) in [7, 11) is -3.78. The minimum Gasteiger partial charge on any atom is -0.323 e. The minimum absolute atomic E-state index is 0. The number of non-ortho nitro benzene ring substituents is 1. The molecular formula is C17H22ClN3O4S. The highest BCUT2D eigenvalue weighted by molar-refractivity contribution is 7.89. The Labute approximate surface area is 159 Å². The largest absolute Gasteiger partial charge is 0.323 e. The maximum absolute atomic E-state index is 12.3. The molecule has 2 rings (SSSR count). The van der Waals surface area contributed by atoms with Gasteiger partial charge < -0.3 is 5.73 Å². The van der Waals surface area contributed by atoms with E-state index >= 15 is 0 Å². The number of nitro benzene ring substituents is 1. The van der Waals surface area contributed by atoms with Crippen LogP contribution < -0.4 is 10.5 Å². The van der Waals surface area contributed by atoms with E-state index in [1.807, 2.05) is 24.3 Å². The first-order chi connectivity index (χ1) is 11.7. The van der Waals surface area contributed by atoms with E-state index in [1.165, 1.54) is 17.7 Å². The van der Waals surface area contributed by atoms with Gasteiger partial charge in [-0.05, 0) is 29.2 Å². The van der Waals surface area contributed by atoms with Crippen molar-refractivity contribution in [1.82, 2.24) is 4.72 Å². The van der Waals surface area contributed by atoms with Crippen LogP contribution in [0.3, 0.4) is 0 Å². The second-order valence-electron chi connectivity index (χ2n) is 6.03. The minimum atomic E-state index is -3.78. The first-order valence-electron chi connectivity index (χ1n) is 7.80. The third-order valence-corrected chi connectivity index (χ3v) is 5.32. The number of nitrogens with two attached hydrogens (primary N) is 1. The average molecular weight is 400 g/mol. The summed E-state index contributed by atoms with van der Waals surface area (Å²) in [5.74, 6) is 0.408. The van der Waals surface area contributed by atoms with E-state index in [0.29, 0.717) is 5.92 Å². The Balaban J connectivity index is 0.00000338. The van der Waals surface area contributed by atoms with Gasteiger partial charge in [0, 0.05) is 24.7 Å². The van der Waals surface area contributed by atoms with Crippen molar-refractivity contribution < 1.29 is 13.3 Å². The number of rotatable bonds is 7. The summed E-state index contributed by atoms with van der Waals surface area (Å²) < 4.78 is 26.9. The first kappa shape index (κ1) is 22.0. The molecule has 9 heteroatoms. The summed E-state index contributed by atoms with van der Waals surface area (Å²) in [6, 6.07) is 11.9. The van der Waals surface area contributed by atoms with Crippen LogP contribution in [-0.4, -0.2) is 19.9 Å². The fourth-order valence-corrected chi connectivity index (χ4v) is 3.34. The fourth-order valence-electron chi connectivity index (χ4n) is 2.28. The van der Waals surface area contributed by atoms with E-state index < -0.39 is 21.0 Å². The lowest BCUT2D eigenvalue weighted by atomic mass is 9.99. The molecule has 2 aromatic carbocycles. The van der Waals surface area contributed by atoms with Crippen LogP contribution in [0.2, 0.25) is 0 Å². The summed E-state index contributed by atoms with van der Waals surface area (Å²) in [6.45, 7) is 4.21. The number of nitrogens with one attached hydrogen (secondary N) is 1. The molecule has 3 N–H and O–H groups in total. The van der Waals surface area contributed by atoms with Gasteiger partial charge in [-0.1, -0.05) is 38.1 Å². The first-order valence-corrected chi connectivity index (χ1v) is 9.28. The van der Waals surface area contributed by atoms with Crippen molar-refractivity contribution in [3.05, 3.63) is 69.8 Å². The van der Waals surface area contributed by atoms with Crippen molar-refractivity contribution in [3.8, 4) is 0 Å². The van der Waals surface area contributed by atoms with E-state index in [4.69, 9.17) is 5.73 Å². The van der Waals surface area contributed by atoms with Gasteiger partial charge in [-0.25, -0.2) is 13.1 Å². The zero-order valence-corrected chi connectivity index (χ0v) is 16.1. The Morgan fingerprint density at radius 2 is 1.54 bits per heavy atom. The van der Waals surface area contributed by atoms with Gasteiger partial charge >= 0.3 is 0 Å². The highest BCUT2D eigenvalue weighted by atomic mass is 35.5. The maximum Gasteiger partial charge on any atom is 0.269 e. The molecule has 0 aliphatic carbocycles. The van der Waals surface area contributed by atoms with Crippen molar-refractivity contribution in [2.75, 3.05) is 6.54 Å². The molecule has 7 nitrogen and oxygen atoms in total. The molecule has 0 aliphatic heterocycles. The van der Waals surface area contributed by atoms with E-state index in [2.05, 4.69) is 18.6 Å². The van der Waals surface area contributed by atoms with E-state index in [1.54, 1.807) is 0 Å². The molecule has 0 heterocycles. The van der Waals surface area contributed by atoms with Crippen LogP contribution in [-0.2, 0) is 10.0 Å². The van der Waals surface area contributed by atoms with Crippen LogP contribution >= 0.6 is 12.4 Å². The summed E-state index contributed by atoms with van der Waals surface area (Å²) in [5, 5.41) is 10.6. The second kappa shape index (κ2) is 9.09. The van der Waals surface area contributed by atoms with Gasteiger partial charge in [-0.15, -0.1) is 12.4 Å². The molecule has 0 radical (unpaired) electrons. The molecule has 0 bridgehead atoms. The Bertz CT molecular complexity index is 837. The van der Waals surface area contributed by atoms with Crippen molar-refractivity contribution in [1.29, 1.82) is 0 Å². The molecule has 142 valence electrons. The molecule has 0 saturated heterocycles. The van der Waals surface area contributed by atoms with Gasteiger partial charge in [0.1, 0.15) is 0 Å². The van der Waals surface area contributed by atoms with Gasteiger partial charge in [0.25, 0.3) is 5.69 Å². The lowest BCUT2D eigenvalue weighted by Gasteiger charge is -2.15. The van der Waals surface area contributed by atoms with Gasteiger partial charge in [-0.3, -0.25) is 10.1 Å². The molecule has 0 aliphatic rings. The predicted octanol–water partition coefficient (Wildman–Crippen LogP) is 3.12. The third-order valence-electron chi connectivity index (χ3n) is 3.88. The quantitative estimate of drug-likeness (QED) is 0.548. The fraction of sp³-hybridized carbons (Fsp3) is 0.294. The number of sulfonamides is 1. The van der Waals surface area contributed by atoms with Gasteiger partial charge in [-0.2, -0.15) is 0 Å². The van der Waals surface area contributed by atoms with Gasteiger partial charge in [0.2, 0.25) is 10.0 Å². The van der Waals surface area contributed by atoms with Gasteiger partial charge in [0.05, 0.1) is 9.82 Å². The van der Waals surface area contributed by atoms with E-state index in [9.17, 15) is 18.5 Å². The Kier molecular flexibility index (Phi) is 7.70. The Hall–Kier alpha value is -2.00. The summed E-state index contributed by atoms with van der Waals surface area (Å²) in [5.41, 5.74) is 7.90. The molecule has 1 atom stereocenters. The van der Waals surface area contributed by atoms with E-state index in [-0.39, 0.29) is 29.5 Å². The molecule has 0 spiro atoms. The third kappa shape index (κ3) is 5.50. The van der Waals surface area contributed by atoms with Crippen LogP contribution in [0.25, 0.3) is 0 Å². The van der Waals surface area contributed by atoms with Crippen LogP contribution in [0.4, 0.5) is 5.69 Å². The highest BCUT2D eigenvalue weighted by Gasteiger charge is 2.17. The number of hydrogen-bond donors (Lipinski definition) is 2. The highest BCUT2D eigenvalue weighted by Crippen LogP contribution is 2.19. The molecule has 0 amide bonds. The summed E-state index contributed by atoms with van der Waals surface area (Å²) >= 11 is 0. The van der Waals surface area contributed by atoms with Gasteiger partial charge in [0.15, 0.2) is 0 Å². The predicted molar refractivity (Wildman–Crippen MR) is 103 cm³/mol. The molecule has 0 saturated carbocycles. The molecule has 0 aromatic heterocycles. The SMILES string of the molecule is CC(C)c1ccc(C(N)CNS(=O)(=O)c2ccc([N+](=O)[O-])cc2)cc1.Cl. The topological polar surface area (TPSA) is 115 Å². The number of halogens is 1. The zero-order chi connectivity index (χ0) is 18.6. The maximum atomic E-state index is 12.3. The normalized spacial score (nSPS) is 12.5. The van der Waals surface area contributed by atoms with Crippen LogP contribution in [0.15, 0.2) is 53.4 Å². The summed E-state index contributed by atoms with van der Waals surface area (Å²) in [4.78, 5) is 10.00. The number of benzene rings is 2. The van der Waals surface area contributed by atoms with Crippen molar-refractivity contribution >= 4 is 28.1 Å².